The number of carbonyl (C=O) groups excluding carboxylic acids is 2. The summed E-state index contributed by atoms with van der Waals surface area (Å²) >= 11 is 0. The molecule has 0 aliphatic carbocycles. The lowest BCUT2D eigenvalue weighted by molar-refractivity contribution is 0.0600. The van der Waals surface area contributed by atoms with E-state index in [0.717, 1.165) is 9.13 Å². The van der Waals surface area contributed by atoms with E-state index < -0.39 is 23.1 Å². The minimum absolute atomic E-state index is 0.161. The highest BCUT2D eigenvalue weighted by Crippen LogP contribution is 2.11. The largest absolute Gasteiger partial charge is 0.465 e. The highest BCUT2D eigenvalue weighted by atomic mass is 16.5. The summed E-state index contributed by atoms with van der Waals surface area (Å²) in [7, 11) is 4.02. The Hall–Kier alpha value is -3.16. The van der Waals surface area contributed by atoms with Crippen LogP contribution in [-0.4, -0.2) is 28.1 Å². The van der Waals surface area contributed by atoms with Gasteiger partial charge in [-0.15, -0.1) is 0 Å². The third-order valence-electron chi connectivity index (χ3n) is 3.25. The second-order valence-corrected chi connectivity index (χ2v) is 4.82. The predicted octanol–water partition coefficient (Wildman–Crippen LogP) is 0.123. The van der Waals surface area contributed by atoms with Crippen LogP contribution >= 0.6 is 0 Å². The Morgan fingerprint density at radius 1 is 1.09 bits per heavy atom. The Kier molecular flexibility index (Phi) is 4.44. The summed E-state index contributed by atoms with van der Waals surface area (Å²) in [5.74, 6) is -1.14. The topological polar surface area (TPSA) is 99.4 Å². The Morgan fingerprint density at radius 2 is 1.70 bits per heavy atom. The monoisotopic (exact) mass is 317 g/mol. The molecule has 1 aromatic carbocycles. The fourth-order valence-corrected chi connectivity index (χ4v) is 1.97. The van der Waals surface area contributed by atoms with Crippen molar-refractivity contribution in [3.63, 3.8) is 0 Å². The highest BCUT2D eigenvalue weighted by Gasteiger charge is 2.15. The second-order valence-electron chi connectivity index (χ2n) is 4.82. The number of methoxy groups -OCH3 is 1. The van der Waals surface area contributed by atoms with Crippen molar-refractivity contribution in [2.24, 2.45) is 14.1 Å². The zero-order valence-corrected chi connectivity index (χ0v) is 12.8. The van der Waals surface area contributed by atoms with E-state index in [1.54, 1.807) is 0 Å². The summed E-state index contributed by atoms with van der Waals surface area (Å²) < 4.78 is 6.58. The summed E-state index contributed by atoms with van der Waals surface area (Å²) in [6.07, 6.45) is 1.18. The lowest BCUT2D eigenvalue weighted by atomic mass is 10.2. The van der Waals surface area contributed by atoms with Crippen LogP contribution in [0.1, 0.15) is 20.7 Å². The molecular weight excluding hydrogens is 302 g/mol. The molecule has 2 aromatic rings. The number of anilines is 1. The van der Waals surface area contributed by atoms with Crippen molar-refractivity contribution >= 4 is 17.6 Å². The van der Waals surface area contributed by atoms with Crippen LogP contribution in [0.5, 0.6) is 0 Å². The average Bonchev–Trinajstić information content (AvgIpc) is 2.56. The molecule has 1 heterocycles. The lowest BCUT2D eigenvalue weighted by Gasteiger charge is -2.08. The number of rotatable bonds is 3. The van der Waals surface area contributed by atoms with Crippen molar-refractivity contribution in [3.05, 3.63) is 62.4 Å². The summed E-state index contributed by atoms with van der Waals surface area (Å²) in [6.45, 7) is 0. The number of carbonyl (C=O) groups is 2. The van der Waals surface area contributed by atoms with Gasteiger partial charge in [-0.2, -0.15) is 0 Å². The minimum atomic E-state index is -0.684. The molecule has 1 aromatic heterocycles. The van der Waals surface area contributed by atoms with Crippen LogP contribution in [0.15, 0.2) is 40.1 Å². The molecule has 23 heavy (non-hydrogen) atoms. The van der Waals surface area contributed by atoms with E-state index in [9.17, 15) is 19.2 Å². The van der Waals surface area contributed by atoms with Crippen molar-refractivity contribution in [3.8, 4) is 0 Å². The number of ether oxygens (including phenoxy) is 1. The van der Waals surface area contributed by atoms with Gasteiger partial charge < -0.3 is 14.6 Å². The second kappa shape index (κ2) is 6.30. The van der Waals surface area contributed by atoms with Gasteiger partial charge in [0, 0.05) is 26.0 Å². The number of aryl methyl sites for hydroxylation is 1. The van der Waals surface area contributed by atoms with Crippen molar-refractivity contribution in [1.82, 2.24) is 9.13 Å². The van der Waals surface area contributed by atoms with E-state index in [1.807, 2.05) is 0 Å². The molecule has 0 aliphatic rings. The maximum Gasteiger partial charge on any atom is 0.337 e. The third kappa shape index (κ3) is 3.20. The Labute approximate surface area is 130 Å². The van der Waals surface area contributed by atoms with E-state index in [1.165, 1.54) is 51.7 Å². The van der Waals surface area contributed by atoms with Crippen molar-refractivity contribution in [1.29, 1.82) is 0 Å². The number of benzene rings is 1. The van der Waals surface area contributed by atoms with Gasteiger partial charge >= 0.3 is 11.7 Å². The smallest absolute Gasteiger partial charge is 0.337 e. The number of amides is 1. The zero-order chi connectivity index (χ0) is 17.1. The summed E-state index contributed by atoms with van der Waals surface area (Å²) in [4.78, 5) is 47.1. The van der Waals surface area contributed by atoms with Crippen molar-refractivity contribution in [2.45, 2.75) is 0 Å². The van der Waals surface area contributed by atoms with Gasteiger partial charge in [0.25, 0.3) is 11.5 Å². The van der Waals surface area contributed by atoms with Gasteiger partial charge in [-0.1, -0.05) is 0 Å². The SMILES string of the molecule is COC(=O)c1ccc(NC(=O)c2cn(C)c(=O)n(C)c2=O)cc1. The van der Waals surface area contributed by atoms with Crippen LogP contribution < -0.4 is 16.6 Å². The van der Waals surface area contributed by atoms with Crippen molar-refractivity contribution in [2.75, 3.05) is 12.4 Å². The van der Waals surface area contributed by atoms with Crippen molar-refractivity contribution < 1.29 is 14.3 Å². The van der Waals surface area contributed by atoms with Crippen LogP contribution in [0, 0.1) is 0 Å². The van der Waals surface area contributed by atoms with Gasteiger partial charge in [0.2, 0.25) is 0 Å². The number of esters is 1. The van der Waals surface area contributed by atoms with Gasteiger partial charge in [-0.3, -0.25) is 14.2 Å². The van der Waals surface area contributed by atoms with Gasteiger partial charge in [0.15, 0.2) is 0 Å². The highest BCUT2D eigenvalue weighted by molar-refractivity contribution is 6.04. The molecule has 0 saturated carbocycles. The molecule has 1 N–H and O–H groups in total. The quantitative estimate of drug-likeness (QED) is 0.811. The number of nitrogens with zero attached hydrogens (tertiary/aromatic N) is 2. The Balaban J connectivity index is 2.28. The average molecular weight is 317 g/mol. The molecule has 0 bridgehead atoms. The molecule has 0 unspecified atom stereocenters. The minimum Gasteiger partial charge on any atom is -0.465 e. The summed E-state index contributed by atoms with van der Waals surface area (Å²) in [6, 6.07) is 5.99. The molecule has 8 nitrogen and oxygen atoms in total. The van der Waals surface area contributed by atoms with Crippen LogP contribution in [-0.2, 0) is 18.8 Å². The lowest BCUT2D eigenvalue weighted by Crippen LogP contribution is -2.40. The first kappa shape index (κ1) is 16.2. The fraction of sp³-hybridized carbons (Fsp3) is 0.200. The first-order valence-electron chi connectivity index (χ1n) is 6.61. The third-order valence-corrected chi connectivity index (χ3v) is 3.25. The first-order valence-corrected chi connectivity index (χ1v) is 6.61. The first-order chi connectivity index (χ1) is 10.8. The fourth-order valence-electron chi connectivity index (χ4n) is 1.97. The molecular formula is C15H15N3O5. The standard InChI is InChI=1S/C15H15N3O5/c1-17-8-11(13(20)18(2)15(17)22)12(19)16-10-6-4-9(5-7-10)14(21)23-3/h4-8H,1-3H3,(H,16,19). The van der Waals surface area contributed by atoms with E-state index in [-0.39, 0.29) is 5.56 Å². The number of hydrogen-bond donors (Lipinski definition) is 1. The van der Waals surface area contributed by atoms with Gasteiger partial charge in [-0.05, 0) is 24.3 Å². The Bertz CT molecular complexity index is 877. The molecule has 0 fully saturated rings. The molecule has 120 valence electrons. The Morgan fingerprint density at radius 3 is 2.26 bits per heavy atom. The normalized spacial score (nSPS) is 10.2. The maximum absolute atomic E-state index is 12.2. The molecule has 0 spiro atoms. The van der Waals surface area contributed by atoms with E-state index in [2.05, 4.69) is 10.1 Å². The van der Waals surface area contributed by atoms with Crippen LogP contribution in [0.2, 0.25) is 0 Å². The van der Waals surface area contributed by atoms with E-state index in [4.69, 9.17) is 0 Å². The van der Waals surface area contributed by atoms with E-state index >= 15 is 0 Å². The molecule has 1 amide bonds. The van der Waals surface area contributed by atoms with E-state index in [0.29, 0.717) is 11.3 Å². The van der Waals surface area contributed by atoms with Gasteiger partial charge in [0.05, 0.1) is 12.7 Å². The number of nitrogens with one attached hydrogen (secondary N) is 1. The molecule has 0 atom stereocenters. The molecule has 0 radical (unpaired) electrons. The molecule has 2 rings (SSSR count). The molecule has 0 aliphatic heterocycles. The zero-order valence-electron chi connectivity index (χ0n) is 12.8. The van der Waals surface area contributed by atoms with Crippen LogP contribution in [0.25, 0.3) is 0 Å². The summed E-state index contributed by atoms with van der Waals surface area (Å²) in [5.41, 5.74) is -0.625. The van der Waals surface area contributed by atoms with Crippen LogP contribution in [0.3, 0.4) is 0 Å². The predicted molar refractivity (Wildman–Crippen MR) is 82.7 cm³/mol. The van der Waals surface area contributed by atoms with Gasteiger partial charge in [-0.25, -0.2) is 9.59 Å². The summed E-state index contributed by atoms with van der Waals surface area (Å²) in [5, 5.41) is 2.54. The number of aromatic nitrogens is 2. The van der Waals surface area contributed by atoms with Gasteiger partial charge in [0.1, 0.15) is 5.56 Å². The van der Waals surface area contributed by atoms with Crippen LogP contribution in [0.4, 0.5) is 5.69 Å². The maximum atomic E-state index is 12.2. The molecule has 8 heteroatoms. The molecule has 0 saturated heterocycles. The number of hydrogen-bond acceptors (Lipinski definition) is 5.